The molecule has 0 radical (unpaired) electrons. The van der Waals surface area contributed by atoms with Crippen molar-refractivity contribution in [3.05, 3.63) is 29.8 Å². The van der Waals surface area contributed by atoms with Gasteiger partial charge >= 0.3 is 0 Å². The van der Waals surface area contributed by atoms with Crippen molar-refractivity contribution < 1.29 is 19.4 Å². The standard InChI is InChI=1S/C27H47N3O4/c1-21(2)22(18-24(28)25(31)20-30-14-8-4-5-9-15-30)19-29-27(32)23-12-6-7-13-26(23)34-17-11-10-16-33-3/h6-7,12-13,21-22,24-25,31H,4-5,8-11,14-20,28H2,1-3H3,(H,29,32)/t22-,24+,25+/m1/s1. The summed E-state index contributed by atoms with van der Waals surface area (Å²) in [6, 6.07) is 7.04. The first-order valence-corrected chi connectivity index (χ1v) is 13.1. The number of benzene rings is 1. The third-order valence-electron chi connectivity index (χ3n) is 6.81. The van der Waals surface area contributed by atoms with Crippen molar-refractivity contribution in [1.29, 1.82) is 0 Å². The molecule has 0 saturated carbocycles. The summed E-state index contributed by atoms with van der Waals surface area (Å²) >= 11 is 0. The van der Waals surface area contributed by atoms with Gasteiger partial charge in [-0.2, -0.15) is 0 Å². The Kier molecular flexibility index (Phi) is 13.5. The first-order valence-electron chi connectivity index (χ1n) is 13.1. The number of hydrogen-bond donors (Lipinski definition) is 3. The highest BCUT2D eigenvalue weighted by atomic mass is 16.5. The van der Waals surface area contributed by atoms with E-state index in [1.54, 1.807) is 13.2 Å². The smallest absolute Gasteiger partial charge is 0.255 e. The predicted molar refractivity (Wildman–Crippen MR) is 137 cm³/mol. The second-order valence-electron chi connectivity index (χ2n) is 9.94. The highest BCUT2D eigenvalue weighted by Crippen LogP contribution is 2.21. The number of amides is 1. The van der Waals surface area contributed by atoms with Gasteiger partial charge in [0.15, 0.2) is 0 Å². The normalized spacial score (nSPS) is 17.7. The number of aliphatic hydroxyl groups excluding tert-OH is 1. The molecule has 194 valence electrons. The van der Waals surface area contributed by atoms with Crippen LogP contribution in [0.2, 0.25) is 0 Å². The average molecular weight is 478 g/mol. The van der Waals surface area contributed by atoms with Gasteiger partial charge < -0.3 is 30.5 Å². The van der Waals surface area contributed by atoms with E-state index < -0.39 is 6.10 Å². The number of aliphatic hydroxyl groups is 1. The van der Waals surface area contributed by atoms with Gasteiger partial charge in [-0.1, -0.05) is 38.8 Å². The monoisotopic (exact) mass is 477 g/mol. The first kappa shape index (κ1) is 28.6. The third-order valence-corrected chi connectivity index (χ3v) is 6.81. The molecule has 34 heavy (non-hydrogen) atoms. The lowest BCUT2D eigenvalue weighted by atomic mass is 9.87. The van der Waals surface area contributed by atoms with Crippen LogP contribution in [0.5, 0.6) is 5.75 Å². The Bertz CT molecular complexity index is 692. The minimum absolute atomic E-state index is 0.142. The fourth-order valence-corrected chi connectivity index (χ4v) is 4.45. The first-order chi connectivity index (χ1) is 16.4. The average Bonchev–Trinajstić information content (AvgIpc) is 3.10. The number of unbranched alkanes of at least 4 members (excludes halogenated alkanes) is 1. The van der Waals surface area contributed by atoms with Crippen LogP contribution in [0.4, 0.5) is 0 Å². The van der Waals surface area contributed by atoms with E-state index in [-0.39, 0.29) is 17.9 Å². The largest absolute Gasteiger partial charge is 0.493 e. The van der Waals surface area contributed by atoms with Gasteiger partial charge in [-0.25, -0.2) is 0 Å². The Morgan fingerprint density at radius 1 is 1.12 bits per heavy atom. The Morgan fingerprint density at radius 3 is 2.47 bits per heavy atom. The number of carbonyl (C=O) groups is 1. The summed E-state index contributed by atoms with van der Waals surface area (Å²) in [5.41, 5.74) is 6.97. The lowest BCUT2D eigenvalue weighted by Gasteiger charge is -2.30. The molecule has 0 aliphatic carbocycles. The summed E-state index contributed by atoms with van der Waals surface area (Å²) in [6.07, 6.45) is 6.85. The zero-order valence-corrected chi connectivity index (χ0v) is 21.5. The summed E-state index contributed by atoms with van der Waals surface area (Å²) in [4.78, 5) is 15.3. The van der Waals surface area contributed by atoms with Gasteiger partial charge in [-0.05, 0) is 69.2 Å². The molecule has 7 heteroatoms. The maximum Gasteiger partial charge on any atom is 0.255 e. The Hall–Kier alpha value is -1.67. The number of nitrogens with one attached hydrogen (secondary N) is 1. The van der Waals surface area contributed by atoms with Crippen LogP contribution in [0, 0.1) is 11.8 Å². The van der Waals surface area contributed by atoms with E-state index in [1.165, 1.54) is 25.7 Å². The topological polar surface area (TPSA) is 97.0 Å². The van der Waals surface area contributed by atoms with Gasteiger partial charge in [0.1, 0.15) is 5.75 Å². The maximum absolute atomic E-state index is 12.9. The van der Waals surface area contributed by atoms with Crippen LogP contribution in [0.3, 0.4) is 0 Å². The van der Waals surface area contributed by atoms with Crippen LogP contribution in [-0.4, -0.2) is 74.6 Å². The van der Waals surface area contributed by atoms with Gasteiger partial charge in [0.25, 0.3) is 5.91 Å². The minimum atomic E-state index is -0.553. The number of likely N-dealkylation sites (tertiary alicyclic amines) is 1. The Morgan fingerprint density at radius 2 is 1.79 bits per heavy atom. The molecule has 0 spiro atoms. The summed E-state index contributed by atoms with van der Waals surface area (Å²) in [5, 5.41) is 13.8. The van der Waals surface area contributed by atoms with Gasteiger partial charge in [-0.15, -0.1) is 0 Å². The molecule has 1 aromatic rings. The van der Waals surface area contributed by atoms with E-state index in [0.29, 0.717) is 50.0 Å². The molecule has 0 unspecified atom stereocenters. The van der Waals surface area contributed by atoms with Crippen LogP contribution < -0.4 is 15.8 Å². The molecule has 1 heterocycles. The van der Waals surface area contributed by atoms with Crippen molar-refractivity contribution in [3.8, 4) is 5.75 Å². The van der Waals surface area contributed by atoms with Crippen LogP contribution in [0.1, 0.15) is 69.2 Å². The van der Waals surface area contributed by atoms with Crippen molar-refractivity contribution in [2.24, 2.45) is 17.6 Å². The van der Waals surface area contributed by atoms with Crippen molar-refractivity contribution in [1.82, 2.24) is 10.2 Å². The van der Waals surface area contributed by atoms with Crippen LogP contribution >= 0.6 is 0 Å². The SMILES string of the molecule is COCCCCOc1ccccc1C(=O)NC[C@@H](C[C@H](N)[C@@H](O)CN1CCCCCC1)C(C)C. The van der Waals surface area contributed by atoms with Crippen molar-refractivity contribution >= 4 is 5.91 Å². The number of nitrogens with zero attached hydrogens (tertiary/aromatic N) is 1. The molecule has 1 amide bonds. The molecule has 1 aliphatic rings. The predicted octanol–water partition coefficient (Wildman–Crippen LogP) is 3.45. The molecule has 7 nitrogen and oxygen atoms in total. The Labute approximate surface area is 206 Å². The van der Waals surface area contributed by atoms with Gasteiger partial charge in [-0.3, -0.25) is 4.79 Å². The molecule has 1 fully saturated rings. The minimum Gasteiger partial charge on any atom is -0.493 e. The summed E-state index contributed by atoms with van der Waals surface area (Å²) < 4.78 is 10.9. The summed E-state index contributed by atoms with van der Waals surface area (Å²) in [6.45, 7) is 8.77. The highest BCUT2D eigenvalue weighted by Gasteiger charge is 2.25. The zero-order valence-electron chi connectivity index (χ0n) is 21.5. The fraction of sp³-hybridized carbons (Fsp3) is 0.741. The van der Waals surface area contributed by atoms with E-state index in [9.17, 15) is 9.90 Å². The zero-order chi connectivity index (χ0) is 24.8. The molecule has 1 aromatic carbocycles. The van der Waals surface area contributed by atoms with Crippen LogP contribution in [0.15, 0.2) is 24.3 Å². The van der Waals surface area contributed by atoms with E-state index >= 15 is 0 Å². The second-order valence-corrected chi connectivity index (χ2v) is 9.94. The number of hydrogen-bond acceptors (Lipinski definition) is 6. The van der Waals surface area contributed by atoms with Gasteiger partial charge in [0.2, 0.25) is 0 Å². The van der Waals surface area contributed by atoms with Crippen molar-refractivity contribution in [3.63, 3.8) is 0 Å². The number of carbonyl (C=O) groups excluding carboxylic acids is 1. The third kappa shape index (κ3) is 10.3. The molecular formula is C27H47N3O4. The van der Waals surface area contributed by atoms with Gasteiger partial charge in [0, 0.05) is 32.8 Å². The van der Waals surface area contributed by atoms with E-state index in [0.717, 1.165) is 25.9 Å². The molecule has 0 bridgehead atoms. The fourth-order valence-electron chi connectivity index (χ4n) is 4.45. The molecule has 4 N–H and O–H groups in total. The molecule has 3 atom stereocenters. The van der Waals surface area contributed by atoms with Gasteiger partial charge in [0.05, 0.1) is 18.3 Å². The highest BCUT2D eigenvalue weighted by molar-refractivity contribution is 5.96. The number of β-amino-alcohol motifs (C(OH)–C–C–N with tert-alkyl or cyclic N) is 1. The number of rotatable bonds is 15. The van der Waals surface area contributed by atoms with E-state index in [1.807, 2.05) is 18.2 Å². The molecule has 1 saturated heterocycles. The molecule has 0 aromatic heterocycles. The van der Waals surface area contributed by atoms with E-state index in [4.69, 9.17) is 15.2 Å². The molecule has 2 rings (SSSR count). The summed E-state index contributed by atoms with van der Waals surface area (Å²) in [5.74, 6) is 0.976. The number of ether oxygens (including phenoxy) is 2. The molecular weight excluding hydrogens is 430 g/mol. The number of nitrogens with two attached hydrogens (primary N) is 1. The van der Waals surface area contributed by atoms with Crippen molar-refractivity contribution in [2.45, 2.75) is 70.9 Å². The van der Waals surface area contributed by atoms with Crippen LogP contribution in [-0.2, 0) is 4.74 Å². The Balaban J connectivity index is 1.85. The number of methoxy groups -OCH3 is 1. The lowest BCUT2D eigenvalue weighted by Crippen LogP contribution is -2.46. The van der Waals surface area contributed by atoms with Crippen LogP contribution in [0.25, 0.3) is 0 Å². The summed E-state index contributed by atoms with van der Waals surface area (Å²) in [7, 11) is 1.69. The quantitative estimate of drug-likeness (QED) is 0.335. The number of para-hydroxylation sites is 1. The molecule has 1 aliphatic heterocycles. The maximum atomic E-state index is 12.9. The second kappa shape index (κ2) is 16.1. The van der Waals surface area contributed by atoms with E-state index in [2.05, 4.69) is 24.1 Å². The van der Waals surface area contributed by atoms with Crippen molar-refractivity contribution in [2.75, 3.05) is 46.5 Å². The lowest BCUT2D eigenvalue weighted by molar-refractivity contribution is 0.0798.